The fourth-order valence-electron chi connectivity index (χ4n) is 0.952. The molecule has 2 N–H and O–H groups in total. The van der Waals surface area contributed by atoms with Crippen LogP contribution in [0.15, 0.2) is 6.07 Å². The van der Waals surface area contributed by atoms with E-state index >= 15 is 0 Å². The zero-order valence-corrected chi connectivity index (χ0v) is 7.85. The van der Waals surface area contributed by atoms with Crippen molar-refractivity contribution in [2.45, 2.75) is 6.36 Å². The zero-order chi connectivity index (χ0) is 13.2. The summed E-state index contributed by atoms with van der Waals surface area (Å²) >= 11 is 0. The Morgan fingerprint density at radius 1 is 1.59 bits per heavy atom. The van der Waals surface area contributed by atoms with E-state index in [0.29, 0.717) is 6.07 Å². The standard InChI is InChI=1S/C7H3F3N4O3/c8-7(9,10)17-5-4(14(15)16)1-3(2-11)13-6(5)12/h1H,(H2,12,13). The van der Waals surface area contributed by atoms with Crippen LogP contribution in [0.2, 0.25) is 0 Å². The molecule has 17 heavy (non-hydrogen) atoms. The first-order valence-electron chi connectivity index (χ1n) is 3.85. The third kappa shape index (κ3) is 2.94. The van der Waals surface area contributed by atoms with E-state index in [1.54, 1.807) is 0 Å². The number of nitrogens with zero attached hydrogens (tertiary/aromatic N) is 3. The summed E-state index contributed by atoms with van der Waals surface area (Å²) in [5.74, 6) is -2.12. The minimum Gasteiger partial charge on any atom is -0.394 e. The van der Waals surface area contributed by atoms with Gasteiger partial charge in [0.25, 0.3) is 0 Å². The minimum absolute atomic E-state index is 0.483. The van der Waals surface area contributed by atoms with E-state index in [1.165, 1.54) is 6.07 Å². The molecule has 0 unspecified atom stereocenters. The largest absolute Gasteiger partial charge is 0.573 e. The summed E-state index contributed by atoms with van der Waals surface area (Å²) in [6.07, 6.45) is -5.14. The number of hydrogen-bond donors (Lipinski definition) is 1. The molecule has 0 bridgehead atoms. The van der Waals surface area contributed by atoms with E-state index in [9.17, 15) is 23.3 Å². The lowest BCUT2D eigenvalue weighted by Crippen LogP contribution is -2.19. The van der Waals surface area contributed by atoms with Gasteiger partial charge in [-0.3, -0.25) is 10.1 Å². The Hall–Kier alpha value is -2.57. The average molecular weight is 248 g/mol. The van der Waals surface area contributed by atoms with Gasteiger partial charge < -0.3 is 10.5 Å². The summed E-state index contributed by atoms with van der Waals surface area (Å²) in [5.41, 5.74) is 3.49. The van der Waals surface area contributed by atoms with Gasteiger partial charge in [-0.05, 0) is 0 Å². The van der Waals surface area contributed by atoms with E-state index in [2.05, 4.69) is 9.72 Å². The van der Waals surface area contributed by atoms with Crippen LogP contribution < -0.4 is 10.5 Å². The molecule has 0 atom stereocenters. The molecule has 0 spiro atoms. The predicted molar refractivity (Wildman–Crippen MR) is 46.7 cm³/mol. The number of hydrogen-bond acceptors (Lipinski definition) is 6. The van der Waals surface area contributed by atoms with Crippen molar-refractivity contribution in [3.05, 3.63) is 21.9 Å². The van der Waals surface area contributed by atoms with Gasteiger partial charge in [0.1, 0.15) is 11.8 Å². The lowest BCUT2D eigenvalue weighted by atomic mass is 10.3. The van der Waals surface area contributed by atoms with Gasteiger partial charge in [0, 0.05) is 0 Å². The van der Waals surface area contributed by atoms with Gasteiger partial charge >= 0.3 is 12.0 Å². The lowest BCUT2D eigenvalue weighted by Gasteiger charge is -2.10. The summed E-state index contributed by atoms with van der Waals surface area (Å²) in [6, 6.07) is 1.96. The van der Waals surface area contributed by atoms with Crippen LogP contribution in [0.25, 0.3) is 0 Å². The van der Waals surface area contributed by atoms with E-state index in [0.717, 1.165) is 0 Å². The first kappa shape index (κ1) is 12.5. The maximum absolute atomic E-state index is 12.0. The highest BCUT2D eigenvalue weighted by Crippen LogP contribution is 2.36. The molecular weight excluding hydrogens is 245 g/mol. The van der Waals surface area contributed by atoms with Crippen LogP contribution >= 0.6 is 0 Å². The van der Waals surface area contributed by atoms with Gasteiger partial charge in [-0.25, -0.2) is 4.98 Å². The summed E-state index contributed by atoms with van der Waals surface area (Å²) in [7, 11) is 0. The monoisotopic (exact) mass is 248 g/mol. The van der Waals surface area contributed by atoms with Crippen molar-refractivity contribution in [2.75, 3.05) is 5.73 Å². The van der Waals surface area contributed by atoms with Crippen molar-refractivity contribution >= 4 is 11.5 Å². The van der Waals surface area contributed by atoms with Crippen molar-refractivity contribution in [1.82, 2.24) is 4.98 Å². The quantitative estimate of drug-likeness (QED) is 0.623. The number of anilines is 1. The van der Waals surface area contributed by atoms with Gasteiger partial charge in [0.15, 0.2) is 5.82 Å². The number of halogens is 3. The Kier molecular flexibility index (Phi) is 3.03. The lowest BCUT2D eigenvalue weighted by molar-refractivity contribution is -0.388. The van der Waals surface area contributed by atoms with Crippen LogP contribution in [-0.4, -0.2) is 16.3 Å². The van der Waals surface area contributed by atoms with Crippen LogP contribution in [0, 0.1) is 21.4 Å². The number of nitriles is 1. The van der Waals surface area contributed by atoms with Crippen molar-refractivity contribution < 1.29 is 22.8 Å². The summed E-state index contributed by atoms with van der Waals surface area (Å²) in [6.45, 7) is 0. The molecule has 90 valence electrons. The molecule has 0 radical (unpaired) electrons. The Labute approximate surface area is 91.4 Å². The second-order valence-corrected chi connectivity index (χ2v) is 2.66. The minimum atomic E-state index is -5.14. The van der Waals surface area contributed by atoms with Crippen LogP contribution in [0.4, 0.5) is 24.7 Å². The van der Waals surface area contributed by atoms with Crippen LogP contribution in [-0.2, 0) is 0 Å². The molecule has 0 amide bonds. The Bertz CT molecular complexity index is 508. The van der Waals surface area contributed by atoms with Gasteiger partial charge in [-0.2, -0.15) is 5.26 Å². The summed E-state index contributed by atoms with van der Waals surface area (Å²) in [5, 5.41) is 18.9. The smallest absolute Gasteiger partial charge is 0.394 e. The molecule has 1 aromatic heterocycles. The molecule has 0 aliphatic carbocycles. The number of alkyl halides is 3. The maximum atomic E-state index is 12.0. The van der Waals surface area contributed by atoms with Gasteiger partial charge in [0.05, 0.1) is 11.0 Å². The second kappa shape index (κ2) is 4.12. The molecule has 0 fully saturated rings. The summed E-state index contributed by atoms with van der Waals surface area (Å²) in [4.78, 5) is 12.5. The molecule has 7 nitrogen and oxygen atoms in total. The Balaban J connectivity index is 3.38. The molecular formula is C7H3F3N4O3. The fraction of sp³-hybridized carbons (Fsp3) is 0.143. The van der Waals surface area contributed by atoms with E-state index in [-0.39, 0.29) is 0 Å². The average Bonchev–Trinajstić information content (AvgIpc) is 2.18. The molecule has 10 heteroatoms. The number of pyridine rings is 1. The Morgan fingerprint density at radius 3 is 2.59 bits per heavy atom. The zero-order valence-electron chi connectivity index (χ0n) is 7.85. The first-order chi connectivity index (χ1) is 7.74. The molecule has 1 aromatic rings. The topological polar surface area (TPSA) is 115 Å². The molecule has 0 saturated heterocycles. The first-order valence-corrected chi connectivity index (χ1v) is 3.85. The highest BCUT2D eigenvalue weighted by Gasteiger charge is 2.36. The molecule has 0 aliphatic heterocycles. The maximum Gasteiger partial charge on any atom is 0.573 e. The van der Waals surface area contributed by atoms with Gasteiger partial charge in [-0.1, -0.05) is 0 Å². The fourth-order valence-corrected chi connectivity index (χ4v) is 0.952. The molecule has 0 aliphatic rings. The number of rotatable bonds is 2. The van der Waals surface area contributed by atoms with Gasteiger partial charge in [0.2, 0.25) is 5.75 Å². The van der Waals surface area contributed by atoms with E-state index < -0.39 is 34.2 Å². The number of aromatic nitrogens is 1. The van der Waals surface area contributed by atoms with Crippen LogP contribution in [0.5, 0.6) is 5.75 Å². The number of ether oxygens (including phenoxy) is 1. The normalized spacial score (nSPS) is 10.7. The Morgan fingerprint density at radius 2 is 2.18 bits per heavy atom. The molecule has 0 saturated carbocycles. The third-order valence-electron chi connectivity index (χ3n) is 1.51. The van der Waals surface area contributed by atoms with Crippen molar-refractivity contribution in [2.24, 2.45) is 0 Å². The predicted octanol–water partition coefficient (Wildman–Crippen LogP) is 1.34. The SMILES string of the molecule is N#Cc1cc([N+](=O)[O-])c(OC(F)(F)F)c(N)n1. The van der Waals surface area contributed by atoms with Gasteiger partial charge in [-0.15, -0.1) is 13.2 Å². The van der Waals surface area contributed by atoms with Crippen LogP contribution in [0.3, 0.4) is 0 Å². The number of nitrogens with two attached hydrogens (primary N) is 1. The highest BCUT2D eigenvalue weighted by molar-refractivity contribution is 5.61. The highest BCUT2D eigenvalue weighted by atomic mass is 19.4. The number of nitro groups is 1. The molecule has 0 aromatic carbocycles. The van der Waals surface area contributed by atoms with Crippen molar-refractivity contribution in [3.8, 4) is 11.8 Å². The van der Waals surface area contributed by atoms with Crippen LogP contribution in [0.1, 0.15) is 5.69 Å². The van der Waals surface area contributed by atoms with Crippen molar-refractivity contribution in [1.29, 1.82) is 5.26 Å². The number of nitrogen functional groups attached to an aromatic ring is 1. The molecule has 1 heterocycles. The molecule has 1 rings (SSSR count). The second-order valence-electron chi connectivity index (χ2n) is 2.66. The van der Waals surface area contributed by atoms with E-state index in [4.69, 9.17) is 11.0 Å². The van der Waals surface area contributed by atoms with E-state index in [1.807, 2.05) is 0 Å². The third-order valence-corrected chi connectivity index (χ3v) is 1.51. The summed E-state index contributed by atoms with van der Waals surface area (Å²) < 4.78 is 39.2. The van der Waals surface area contributed by atoms with Crippen molar-refractivity contribution in [3.63, 3.8) is 0 Å².